The van der Waals surface area contributed by atoms with Gasteiger partial charge >= 0.3 is 6.09 Å². The van der Waals surface area contributed by atoms with E-state index >= 15 is 0 Å². The summed E-state index contributed by atoms with van der Waals surface area (Å²) in [6, 6.07) is 6.06. The van der Waals surface area contributed by atoms with Crippen molar-refractivity contribution in [2.75, 3.05) is 13.1 Å². The molecular formula is C16H22N2O3. The van der Waals surface area contributed by atoms with E-state index in [2.05, 4.69) is 5.32 Å². The van der Waals surface area contributed by atoms with Crippen LogP contribution in [0.5, 0.6) is 5.75 Å². The fourth-order valence-corrected chi connectivity index (χ4v) is 2.44. The summed E-state index contributed by atoms with van der Waals surface area (Å²) in [6.45, 7) is 8.65. The van der Waals surface area contributed by atoms with Crippen LogP contribution in [0, 0.1) is 0 Å². The van der Waals surface area contributed by atoms with Crippen LogP contribution >= 0.6 is 0 Å². The minimum absolute atomic E-state index is 0.260. The lowest BCUT2D eigenvalue weighted by atomic mass is 10.1. The van der Waals surface area contributed by atoms with E-state index in [9.17, 15) is 4.79 Å². The first-order valence-electron chi connectivity index (χ1n) is 7.38. The number of hydrogen-bond acceptors (Lipinski definition) is 4. The van der Waals surface area contributed by atoms with Crippen LogP contribution in [-0.2, 0) is 17.8 Å². The quantitative estimate of drug-likeness (QED) is 0.908. The molecule has 0 aromatic heterocycles. The first kappa shape index (κ1) is 14.2. The maximum Gasteiger partial charge on any atom is 0.410 e. The highest BCUT2D eigenvalue weighted by Gasteiger charge is 2.28. The highest BCUT2D eigenvalue weighted by atomic mass is 16.6. The summed E-state index contributed by atoms with van der Waals surface area (Å²) < 4.78 is 11.3. The van der Waals surface area contributed by atoms with Gasteiger partial charge in [-0.1, -0.05) is 6.07 Å². The zero-order chi connectivity index (χ0) is 15.0. The van der Waals surface area contributed by atoms with E-state index in [4.69, 9.17) is 9.47 Å². The average molecular weight is 290 g/mol. The lowest BCUT2D eigenvalue weighted by Gasteiger charge is -2.27. The first-order chi connectivity index (χ1) is 9.90. The second kappa shape index (κ2) is 5.22. The van der Waals surface area contributed by atoms with Crippen molar-refractivity contribution in [3.63, 3.8) is 0 Å². The number of fused-ring (bicyclic) bond motifs is 1. The second-order valence-electron chi connectivity index (χ2n) is 6.67. The van der Waals surface area contributed by atoms with E-state index in [1.807, 2.05) is 39.0 Å². The number of rotatable bonds is 2. The van der Waals surface area contributed by atoms with Crippen molar-refractivity contribution in [1.29, 1.82) is 0 Å². The predicted molar refractivity (Wildman–Crippen MR) is 79.2 cm³/mol. The van der Waals surface area contributed by atoms with Gasteiger partial charge in [-0.3, -0.25) is 4.90 Å². The molecule has 0 spiro atoms. The maximum absolute atomic E-state index is 12.1. The summed E-state index contributed by atoms with van der Waals surface area (Å²) >= 11 is 0. The van der Waals surface area contributed by atoms with Crippen molar-refractivity contribution in [3.8, 4) is 5.75 Å². The number of nitrogens with zero attached hydrogens (tertiary/aromatic N) is 1. The Labute approximate surface area is 125 Å². The highest BCUT2D eigenvalue weighted by Crippen LogP contribution is 2.28. The lowest BCUT2D eigenvalue weighted by molar-refractivity contribution is 0.0241. The second-order valence-corrected chi connectivity index (χ2v) is 6.67. The normalized spacial score (nSPS) is 18.1. The summed E-state index contributed by atoms with van der Waals surface area (Å²) in [7, 11) is 0. The van der Waals surface area contributed by atoms with Gasteiger partial charge in [0.2, 0.25) is 0 Å². The summed E-state index contributed by atoms with van der Waals surface area (Å²) in [4.78, 5) is 13.8. The van der Waals surface area contributed by atoms with Gasteiger partial charge in [0.25, 0.3) is 0 Å². The third-order valence-corrected chi connectivity index (χ3v) is 3.60. The molecule has 0 aliphatic carbocycles. The molecule has 1 amide bonds. The Balaban J connectivity index is 1.65. The van der Waals surface area contributed by atoms with E-state index in [1.165, 1.54) is 5.56 Å². The smallest absolute Gasteiger partial charge is 0.410 e. The van der Waals surface area contributed by atoms with Crippen LogP contribution in [0.3, 0.4) is 0 Å². The predicted octanol–water partition coefficient (Wildman–Crippen LogP) is 2.29. The molecule has 1 saturated heterocycles. The fourth-order valence-electron chi connectivity index (χ4n) is 2.44. The zero-order valence-corrected chi connectivity index (χ0v) is 12.8. The number of nitrogens with one attached hydrogen (secondary N) is 1. The molecule has 114 valence electrons. The van der Waals surface area contributed by atoms with Gasteiger partial charge in [0.1, 0.15) is 17.5 Å². The monoisotopic (exact) mass is 290 g/mol. The number of ether oxygens (including phenoxy) is 2. The molecule has 0 saturated carbocycles. The topological polar surface area (TPSA) is 50.8 Å². The van der Waals surface area contributed by atoms with E-state index in [-0.39, 0.29) is 12.2 Å². The van der Waals surface area contributed by atoms with E-state index in [0.717, 1.165) is 24.4 Å². The minimum Gasteiger partial charge on any atom is -0.488 e. The van der Waals surface area contributed by atoms with Gasteiger partial charge in [0, 0.05) is 26.2 Å². The molecule has 1 aromatic rings. The molecular weight excluding hydrogens is 268 g/mol. The number of amides is 1. The summed E-state index contributed by atoms with van der Waals surface area (Å²) in [5, 5.41) is 3.18. The van der Waals surface area contributed by atoms with Gasteiger partial charge in [-0.05, 0) is 44.0 Å². The molecule has 5 nitrogen and oxygen atoms in total. The van der Waals surface area contributed by atoms with Crippen molar-refractivity contribution in [2.45, 2.75) is 45.6 Å². The Hall–Kier alpha value is -1.75. The number of carbonyl (C=O) groups excluding carboxylic acids is 1. The van der Waals surface area contributed by atoms with Gasteiger partial charge in [-0.25, -0.2) is 4.79 Å². The van der Waals surface area contributed by atoms with Crippen LogP contribution < -0.4 is 10.1 Å². The van der Waals surface area contributed by atoms with E-state index in [1.54, 1.807) is 4.90 Å². The van der Waals surface area contributed by atoms with Crippen LogP contribution in [0.1, 0.15) is 31.9 Å². The van der Waals surface area contributed by atoms with Crippen molar-refractivity contribution < 1.29 is 14.3 Å². The van der Waals surface area contributed by atoms with Crippen LogP contribution in [0.4, 0.5) is 4.79 Å². The number of hydrogen-bond donors (Lipinski definition) is 1. The third-order valence-electron chi connectivity index (χ3n) is 3.60. The Morgan fingerprint density at radius 2 is 1.95 bits per heavy atom. The van der Waals surface area contributed by atoms with Gasteiger partial charge in [-0.2, -0.15) is 0 Å². The van der Waals surface area contributed by atoms with Crippen LogP contribution in [0.2, 0.25) is 0 Å². The van der Waals surface area contributed by atoms with Crippen LogP contribution in [-0.4, -0.2) is 35.8 Å². The van der Waals surface area contributed by atoms with Crippen LogP contribution in [0.25, 0.3) is 0 Å². The summed E-state index contributed by atoms with van der Waals surface area (Å²) in [5.74, 6) is 0.881. The molecule has 21 heavy (non-hydrogen) atoms. The molecule has 0 unspecified atom stereocenters. The maximum atomic E-state index is 12.1. The Bertz CT molecular complexity index is 547. The standard InChI is InChI=1S/C16H22N2O3/c1-16(2,3)21-15(19)18-9-11-4-5-13(6-12(11)10-18)20-14-7-17-8-14/h4-6,14,17H,7-10H2,1-3H3. The molecule has 1 aromatic carbocycles. The number of carbonyl (C=O) groups is 1. The highest BCUT2D eigenvalue weighted by molar-refractivity contribution is 5.69. The molecule has 2 aliphatic heterocycles. The zero-order valence-electron chi connectivity index (χ0n) is 12.8. The van der Waals surface area contributed by atoms with Crippen molar-refractivity contribution in [2.24, 2.45) is 0 Å². The Morgan fingerprint density at radius 3 is 2.57 bits per heavy atom. The number of benzene rings is 1. The average Bonchev–Trinajstić information content (AvgIpc) is 2.74. The van der Waals surface area contributed by atoms with Crippen molar-refractivity contribution in [1.82, 2.24) is 10.2 Å². The molecule has 1 N–H and O–H groups in total. The molecule has 1 fully saturated rings. The Kier molecular flexibility index (Phi) is 3.53. The first-order valence-corrected chi connectivity index (χ1v) is 7.38. The Morgan fingerprint density at radius 1 is 1.24 bits per heavy atom. The van der Waals surface area contributed by atoms with Crippen molar-refractivity contribution >= 4 is 6.09 Å². The van der Waals surface area contributed by atoms with E-state index < -0.39 is 5.60 Å². The largest absolute Gasteiger partial charge is 0.488 e. The molecule has 5 heteroatoms. The van der Waals surface area contributed by atoms with Gasteiger partial charge in [0.05, 0.1) is 0 Å². The SMILES string of the molecule is CC(C)(C)OC(=O)N1Cc2ccc(OC3CNC3)cc2C1. The minimum atomic E-state index is -0.461. The molecule has 2 heterocycles. The van der Waals surface area contributed by atoms with Crippen molar-refractivity contribution in [3.05, 3.63) is 29.3 Å². The molecule has 0 atom stereocenters. The van der Waals surface area contributed by atoms with Gasteiger partial charge in [0.15, 0.2) is 0 Å². The molecule has 3 rings (SSSR count). The third kappa shape index (κ3) is 3.29. The van der Waals surface area contributed by atoms with Crippen LogP contribution in [0.15, 0.2) is 18.2 Å². The molecule has 0 radical (unpaired) electrons. The lowest BCUT2D eigenvalue weighted by Crippen LogP contribution is -2.50. The van der Waals surface area contributed by atoms with E-state index in [0.29, 0.717) is 13.1 Å². The van der Waals surface area contributed by atoms with Gasteiger partial charge < -0.3 is 14.8 Å². The molecule has 2 aliphatic rings. The summed E-state index contributed by atoms with van der Waals surface area (Å²) in [5.41, 5.74) is 1.85. The fraction of sp³-hybridized carbons (Fsp3) is 0.562. The summed E-state index contributed by atoms with van der Waals surface area (Å²) in [6.07, 6.45) is 0.00998. The van der Waals surface area contributed by atoms with Gasteiger partial charge in [-0.15, -0.1) is 0 Å². The molecule has 0 bridgehead atoms.